The maximum absolute atomic E-state index is 11.4. The summed E-state index contributed by atoms with van der Waals surface area (Å²) >= 11 is 0. The van der Waals surface area contributed by atoms with Crippen molar-refractivity contribution in [3.8, 4) is 0 Å². The van der Waals surface area contributed by atoms with Gasteiger partial charge >= 0.3 is 0 Å². The Balaban J connectivity index is 1.38. The van der Waals surface area contributed by atoms with Crippen LogP contribution >= 0.6 is 0 Å². The lowest BCUT2D eigenvalue weighted by Crippen LogP contribution is -2.57. The molecule has 1 aromatic heterocycles. The van der Waals surface area contributed by atoms with Crippen LogP contribution in [0.1, 0.15) is 65.2 Å². The quantitative estimate of drug-likeness (QED) is 0.659. The Kier molecular flexibility index (Phi) is 3.89. The predicted molar refractivity (Wildman–Crippen MR) is 117 cm³/mol. The average molecular weight is 391 g/mol. The summed E-state index contributed by atoms with van der Waals surface area (Å²) in [6, 6.07) is 8.47. The van der Waals surface area contributed by atoms with Gasteiger partial charge in [0.25, 0.3) is 0 Å². The molecule has 7 atom stereocenters. The average Bonchev–Trinajstić information content (AvgIpc) is 3.29. The summed E-state index contributed by atoms with van der Waals surface area (Å²) in [4.78, 5) is 4.67. The number of allylic oxidation sites excluding steroid dienone is 2. The van der Waals surface area contributed by atoms with Gasteiger partial charge in [-0.15, -0.1) is 0 Å². The zero-order valence-corrected chi connectivity index (χ0v) is 17.8. The largest absolute Gasteiger partial charge is 0.393 e. The molecule has 3 fully saturated rings. The first-order valence-electron chi connectivity index (χ1n) is 11.8. The molecule has 4 aliphatic rings. The van der Waals surface area contributed by atoms with Crippen molar-refractivity contribution in [2.24, 2.45) is 34.5 Å². The van der Waals surface area contributed by atoms with Crippen molar-refractivity contribution in [2.45, 2.75) is 71.3 Å². The molecular formula is C26H34N2O. The van der Waals surface area contributed by atoms with Crippen LogP contribution in [0.4, 0.5) is 0 Å². The van der Waals surface area contributed by atoms with Crippen LogP contribution in [0.25, 0.3) is 16.7 Å². The molecule has 0 amide bonds. The Hall–Kier alpha value is -1.61. The van der Waals surface area contributed by atoms with E-state index < -0.39 is 0 Å². The summed E-state index contributed by atoms with van der Waals surface area (Å²) in [7, 11) is 0. The molecule has 154 valence electrons. The van der Waals surface area contributed by atoms with E-state index in [4.69, 9.17) is 0 Å². The third-order valence-corrected chi connectivity index (χ3v) is 9.85. The van der Waals surface area contributed by atoms with E-state index in [0.29, 0.717) is 23.2 Å². The van der Waals surface area contributed by atoms with Gasteiger partial charge in [-0.3, -0.25) is 0 Å². The zero-order chi connectivity index (χ0) is 19.8. The molecule has 1 aromatic carbocycles. The van der Waals surface area contributed by atoms with Gasteiger partial charge in [-0.05, 0) is 79.7 Å². The maximum atomic E-state index is 11.4. The number of rotatable bonds is 1. The number of aromatic nitrogens is 2. The summed E-state index contributed by atoms with van der Waals surface area (Å²) < 4.78 is 2.34. The van der Waals surface area contributed by atoms with Crippen LogP contribution in [-0.4, -0.2) is 20.8 Å². The van der Waals surface area contributed by atoms with E-state index in [1.54, 1.807) is 0 Å². The standard InChI is InChI=1S/C26H34N2O/c1-25-13-6-5-7-17(25)15-22(29)24-18-10-11-23(26(18,2)14-12-19(24)25)28-16-27-20-8-3-4-9-21(20)28/h3-4,8-9,11,16-19,22,24,29H,5-7,10,12-15H2,1-2H3/t17-,18?,19?,22?,24?,25-,26?/m0/s1. The molecule has 5 unspecified atom stereocenters. The van der Waals surface area contributed by atoms with Crippen LogP contribution in [-0.2, 0) is 0 Å². The molecule has 0 aliphatic heterocycles. The van der Waals surface area contributed by atoms with Crippen molar-refractivity contribution in [3.63, 3.8) is 0 Å². The van der Waals surface area contributed by atoms with Crippen molar-refractivity contribution in [2.75, 3.05) is 0 Å². The Bertz CT molecular complexity index is 976. The summed E-state index contributed by atoms with van der Waals surface area (Å²) in [5.41, 5.74) is 4.31. The Morgan fingerprint density at radius 3 is 2.83 bits per heavy atom. The van der Waals surface area contributed by atoms with E-state index in [9.17, 15) is 5.11 Å². The molecule has 1 heterocycles. The van der Waals surface area contributed by atoms with E-state index in [-0.39, 0.29) is 11.5 Å². The molecule has 3 saturated carbocycles. The maximum Gasteiger partial charge on any atom is 0.100 e. The minimum atomic E-state index is -0.118. The number of para-hydroxylation sites is 2. The second-order valence-electron chi connectivity index (χ2n) is 10.9. The lowest BCUT2D eigenvalue weighted by molar-refractivity contribution is -0.152. The molecule has 0 spiro atoms. The van der Waals surface area contributed by atoms with E-state index in [1.165, 1.54) is 49.7 Å². The lowest BCUT2D eigenvalue weighted by atomic mass is 9.44. The molecule has 2 aromatic rings. The van der Waals surface area contributed by atoms with Crippen LogP contribution in [0.5, 0.6) is 0 Å². The van der Waals surface area contributed by atoms with Gasteiger partial charge in [0.15, 0.2) is 0 Å². The number of aliphatic hydroxyl groups excluding tert-OH is 1. The number of fused-ring (bicyclic) bond motifs is 6. The van der Waals surface area contributed by atoms with Gasteiger partial charge in [0, 0.05) is 11.1 Å². The van der Waals surface area contributed by atoms with Crippen molar-refractivity contribution in [3.05, 3.63) is 36.7 Å². The first-order chi connectivity index (χ1) is 14.0. The normalized spacial score (nSPS) is 44.1. The number of imidazole rings is 1. The van der Waals surface area contributed by atoms with Crippen LogP contribution in [0.15, 0.2) is 36.7 Å². The minimum Gasteiger partial charge on any atom is -0.393 e. The molecule has 6 rings (SSSR count). The number of aliphatic hydroxyl groups is 1. The van der Waals surface area contributed by atoms with Crippen LogP contribution in [0.2, 0.25) is 0 Å². The topological polar surface area (TPSA) is 38.0 Å². The second-order valence-corrected chi connectivity index (χ2v) is 10.9. The monoisotopic (exact) mass is 390 g/mol. The predicted octanol–water partition coefficient (Wildman–Crippen LogP) is 5.89. The summed E-state index contributed by atoms with van der Waals surface area (Å²) in [5.74, 6) is 2.45. The van der Waals surface area contributed by atoms with Gasteiger partial charge in [0.2, 0.25) is 0 Å². The SMILES string of the molecule is CC12CCC3C(C(O)C[C@@H]4CCCC[C@]34C)C1CC=C2n1cnc2ccccc21. The third kappa shape index (κ3) is 2.37. The number of benzene rings is 1. The third-order valence-electron chi connectivity index (χ3n) is 9.85. The fourth-order valence-electron chi connectivity index (χ4n) is 8.33. The van der Waals surface area contributed by atoms with Crippen molar-refractivity contribution < 1.29 is 5.11 Å². The van der Waals surface area contributed by atoms with E-state index in [2.05, 4.69) is 53.7 Å². The Labute approximate surface area is 174 Å². The first kappa shape index (κ1) is 18.2. The summed E-state index contributed by atoms with van der Waals surface area (Å²) in [6.45, 7) is 5.05. The fraction of sp³-hybridized carbons (Fsp3) is 0.654. The highest BCUT2D eigenvalue weighted by molar-refractivity contribution is 5.80. The van der Waals surface area contributed by atoms with Gasteiger partial charge in [-0.25, -0.2) is 4.98 Å². The summed E-state index contributed by atoms with van der Waals surface area (Å²) in [5, 5.41) is 11.4. The van der Waals surface area contributed by atoms with Gasteiger partial charge in [0.1, 0.15) is 6.33 Å². The van der Waals surface area contributed by atoms with Gasteiger partial charge in [-0.2, -0.15) is 0 Å². The number of hydrogen-bond donors (Lipinski definition) is 1. The molecule has 3 nitrogen and oxygen atoms in total. The van der Waals surface area contributed by atoms with Crippen LogP contribution in [0, 0.1) is 34.5 Å². The smallest absolute Gasteiger partial charge is 0.100 e. The van der Waals surface area contributed by atoms with Crippen molar-refractivity contribution in [1.82, 2.24) is 9.55 Å². The van der Waals surface area contributed by atoms with Crippen molar-refractivity contribution >= 4 is 16.7 Å². The van der Waals surface area contributed by atoms with Crippen molar-refractivity contribution in [1.29, 1.82) is 0 Å². The Morgan fingerprint density at radius 2 is 1.93 bits per heavy atom. The number of hydrogen-bond acceptors (Lipinski definition) is 2. The Morgan fingerprint density at radius 1 is 1.07 bits per heavy atom. The van der Waals surface area contributed by atoms with Gasteiger partial charge < -0.3 is 9.67 Å². The highest BCUT2D eigenvalue weighted by atomic mass is 16.3. The fourth-order valence-corrected chi connectivity index (χ4v) is 8.33. The molecule has 4 aliphatic carbocycles. The van der Waals surface area contributed by atoms with E-state index in [1.807, 2.05) is 6.33 Å². The number of nitrogens with zero attached hydrogens (tertiary/aromatic N) is 2. The minimum absolute atomic E-state index is 0.118. The zero-order valence-electron chi connectivity index (χ0n) is 17.8. The first-order valence-corrected chi connectivity index (χ1v) is 11.8. The molecular weight excluding hydrogens is 356 g/mol. The molecule has 0 radical (unpaired) electrons. The lowest BCUT2D eigenvalue weighted by Gasteiger charge is -2.61. The van der Waals surface area contributed by atoms with E-state index >= 15 is 0 Å². The molecule has 3 heteroatoms. The molecule has 0 bridgehead atoms. The highest BCUT2D eigenvalue weighted by Crippen LogP contribution is 2.67. The van der Waals surface area contributed by atoms with Gasteiger partial charge in [-0.1, -0.05) is 44.9 Å². The second kappa shape index (κ2) is 6.20. The van der Waals surface area contributed by atoms with Crippen LogP contribution in [0.3, 0.4) is 0 Å². The molecule has 29 heavy (non-hydrogen) atoms. The van der Waals surface area contributed by atoms with Crippen LogP contribution < -0.4 is 0 Å². The summed E-state index contributed by atoms with van der Waals surface area (Å²) in [6.07, 6.45) is 14.5. The molecule has 1 N–H and O–H groups in total. The molecule has 0 saturated heterocycles. The highest BCUT2D eigenvalue weighted by Gasteiger charge is 2.60. The van der Waals surface area contributed by atoms with Gasteiger partial charge in [0.05, 0.1) is 17.1 Å². The van der Waals surface area contributed by atoms with E-state index in [0.717, 1.165) is 24.3 Å².